The Balaban J connectivity index is 1.33. The van der Waals surface area contributed by atoms with Crippen molar-refractivity contribution in [1.82, 2.24) is 0 Å². The van der Waals surface area contributed by atoms with Gasteiger partial charge < -0.3 is 24.4 Å². The van der Waals surface area contributed by atoms with Crippen molar-refractivity contribution in [3.05, 3.63) is 205 Å². The molecule has 0 fully saturated rings. The van der Waals surface area contributed by atoms with Crippen molar-refractivity contribution in [1.29, 1.82) is 0 Å². The van der Waals surface area contributed by atoms with Gasteiger partial charge in [-0.15, -0.1) is 0 Å². The molecule has 5 nitrogen and oxygen atoms in total. The fraction of sp³-hybridized carbons (Fsp3) is 0.148. The molecule has 0 heterocycles. The molecule has 3 N–H and O–H groups in total. The monoisotopic (exact) mass is 840 g/mol. The third kappa shape index (κ3) is 8.79. The van der Waals surface area contributed by atoms with Crippen LogP contribution in [0, 0.1) is 0 Å². The third-order valence-corrected chi connectivity index (χ3v) is 17.7. The van der Waals surface area contributed by atoms with Gasteiger partial charge in [0.2, 0.25) is 0 Å². The zero-order valence-electron chi connectivity index (χ0n) is 34.1. The van der Waals surface area contributed by atoms with Gasteiger partial charge in [-0.25, -0.2) is 0 Å². The molecule has 0 saturated carbocycles. The number of aliphatic hydroxyl groups excluding tert-OH is 1. The maximum atomic E-state index is 15.6. The molecule has 0 atom stereocenters. The van der Waals surface area contributed by atoms with E-state index in [0.717, 1.165) is 59.2 Å². The second-order valence-corrected chi connectivity index (χ2v) is 21.3. The van der Waals surface area contributed by atoms with Crippen LogP contribution in [-0.2, 0) is 27.9 Å². The Labute approximate surface area is 358 Å². The van der Waals surface area contributed by atoms with Crippen molar-refractivity contribution in [3.63, 3.8) is 0 Å². The van der Waals surface area contributed by atoms with Crippen molar-refractivity contribution in [3.8, 4) is 22.6 Å². The first kappa shape index (κ1) is 41.8. The molecule has 61 heavy (non-hydrogen) atoms. The van der Waals surface area contributed by atoms with E-state index in [0.29, 0.717) is 43.5 Å². The van der Waals surface area contributed by atoms with Crippen LogP contribution in [-0.4, -0.2) is 21.9 Å². The third-order valence-electron chi connectivity index (χ3n) is 11.6. The molecule has 8 aromatic carbocycles. The molecule has 0 amide bonds. The number of aryl methyl sites for hydroxylation is 1. The Morgan fingerprint density at radius 2 is 0.852 bits per heavy atom. The molecule has 0 aliphatic heterocycles. The van der Waals surface area contributed by atoms with E-state index in [9.17, 15) is 10.2 Å². The lowest BCUT2D eigenvalue weighted by Gasteiger charge is -2.24. The molecule has 8 aromatic rings. The Hall–Kier alpha value is -5.96. The van der Waals surface area contributed by atoms with E-state index in [1.807, 2.05) is 164 Å². The summed E-state index contributed by atoms with van der Waals surface area (Å²) in [6.07, 6.45) is 8.69. The highest BCUT2D eigenvalue weighted by Crippen LogP contribution is 2.55. The number of phenolic OH excluding ortho intramolecular Hbond substituents is 2. The Morgan fingerprint density at radius 3 is 1.33 bits per heavy atom. The lowest BCUT2D eigenvalue weighted by atomic mass is 9.88. The summed E-state index contributed by atoms with van der Waals surface area (Å²) in [5, 5.41) is 40.6. The van der Waals surface area contributed by atoms with Crippen LogP contribution in [0.4, 0.5) is 0 Å². The van der Waals surface area contributed by atoms with Gasteiger partial charge in [-0.1, -0.05) is 176 Å². The van der Waals surface area contributed by atoms with E-state index in [4.69, 9.17) is 5.11 Å². The first-order valence-corrected chi connectivity index (χ1v) is 24.8. The largest absolute Gasteiger partial charge is 0.507 e. The molecule has 0 bridgehead atoms. The minimum atomic E-state index is -3.36. The summed E-state index contributed by atoms with van der Waals surface area (Å²) in [4.78, 5) is 0. The van der Waals surface area contributed by atoms with Crippen molar-refractivity contribution < 1.29 is 24.4 Å². The first-order chi connectivity index (χ1) is 29.8. The number of phenols is 2. The Morgan fingerprint density at radius 1 is 0.443 bits per heavy atom. The van der Waals surface area contributed by atoms with Crippen LogP contribution in [0.3, 0.4) is 0 Å². The summed E-state index contributed by atoms with van der Waals surface area (Å²) in [6, 6.07) is 55.8. The fourth-order valence-corrected chi connectivity index (χ4v) is 13.9. The normalized spacial score (nSPS) is 12.1. The summed E-state index contributed by atoms with van der Waals surface area (Å²) in [6.45, 7) is 0.188. The molecule has 306 valence electrons. The standard InChI is InChI=1S/C54H50O5P2/c55-34-20-4-2-1-3-9-21-40-32-33-50-42(35-40)37-44(39-61(59,47-27-14-7-15-28-47)48-29-16-8-17-30-48)54(57)52(50)51-49-31-19-18-22-41(49)36-43(53(51)56)38-60(58,45-23-10-5-11-24-45)46-25-12-6-13-26-46/h1-2,5-8,10-19,22-33,35-37,55-57H,3-4,9,20-21,34,38-39H2/b2-1+. The number of hydrogen-bond acceptors (Lipinski definition) is 5. The predicted molar refractivity (Wildman–Crippen MR) is 256 cm³/mol. The molecular formula is C54H50O5P2. The van der Waals surface area contributed by atoms with Crippen molar-refractivity contribution in [2.24, 2.45) is 0 Å². The van der Waals surface area contributed by atoms with Gasteiger partial charge in [0.1, 0.15) is 25.8 Å². The minimum absolute atomic E-state index is 0.0488. The fourth-order valence-electron chi connectivity index (χ4n) is 8.49. The summed E-state index contributed by atoms with van der Waals surface area (Å²) in [7, 11) is -6.69. The summed E-state index contributed by atoms with van der Waals surface area (Å²) in [5.41, 5.74) is 3.03. The molecule has 0 radical (unpaired) electrons. The quantitative estimate of drug-likeness (QED) is 0.0512. The number of aliphatic hydroxyl groups is 1. The summed E-state index contributed by atoms with van der Waals surface area (Å²) in [5.74, 6) is -0.0989. The number of aromatic hydroxyl groups is 2. The van der Waals surface area contributed by atoms with Crippen LogP contribution in [0.15, 0.2) is 188 Å². The van der Waals surface area contributed by atoms with E-state index >= 15 is 9.13 Å². The van der Waals surface area contributed by atoms with Crippen LogP contribution in [0.1, 0.15) is 42.4 Å². The van der Waals surface area contributed by atoms with Gasteiger partial charge in [-0.3, -0.25) is 0 Å². The molecule has 0 aliphatic rings. The van der Waals surface area contributed by atoms with Gasteiger partial charge in [0, 0.05) is 62.4 Å². The topological polar surface area (TPSA) is 94.8 Å². The van der Waals surface area contributed by atoms with Gasteiger partial charge in [-0.2, -0.15) is 0 Å². The van der Waals surface area contributed by atoms with Crippen molar-refractivity contribution in [2.75, 3.05) is 6.61 Å². The van der Waals surface area contributed by atoms with Crippen molar-refractivity contribution in [2.45, 2.75) is 44.4 Å². The first-order valence-electron chi connectivity index (χ1n) is 21.0. The SMILES string of the molecule is O=P(Cc1cc2ccccc2c(-c2c(O)c(CP(=O)(c3ccccc3)c3ccccc3)cc3cc(CCC/C=C/CCCO)ccc23)c1O)(c1ccccc1)c1ccccc1. The van der Waals surface area contributed by atoms with Crippen LogP contribution < -0.4 is 21.2 Å². The van der Waals surface area contributed by atoms with Crippen LogP contribution in [0.5, 0.6) is 11.5 Å². The van der Waals surface area contributed by atoms with E-state index in [-0.39, 0.29) is 30.4 Å². The molecule has 7 heteroatoms. The number of fused-ring (bicyclic) bond motifs is 2. The Kier molecular flexibility index (Phi) is 12.8. The zero-order valence-corrected chi connectivity index (χ0v) is 35.9. The predicted octanol–water partition coefficient (Wildman–Crippen LogP) is 11.8. The Bertz CT molecular complexity index is 2810. The van der Waals surface area contributed by atoms with Crippen LogP contribution >= 0.6 is 14.3 Å². The molecule has 0 saturated heterocycles. The van der Waals surface area contributed by atoms with Crippen LogP contribution in [0.25, 0.3) is 32.7 Å². The molecule has 8 rings (SSSR count). The van der Waals surface area contributed by atoms with E-state index in [1.165, 1.54) is 0 Å². The average Bonchev–Trinajstić information content (AvgIpc) is 3.31. The van der Waals surface area contributed by atoms with E-state index < -0.39 is 14.3 Å². The van der Waals surface area contributed by atoms with Gasteiger partial charge >= 0.3 is 0 Å². The van der Waals surface area contributed by atoms with Gasteiger partial charge in [0.25, 0.3) is 0 Å². The van der Waals surface area contributed by atoms with Gasteiger partial charge in [0.15, 0.2) is 0 Å². The number of benzene rings is 8. The smallest absolute Gasteiger partial charge is 0.147 e. The van der Waals surface area contributed by atoms with Gasteiger partial charge in [0.05, 0.1) is 0 Å². The molecule has 0 aromatic heterocycles. The zero-order chi connectivity index (χ0) is 42.2. The molecular weight excluding hydrogens is 791 g/mol. The molecule has 0 unspecified atom stereocenters. The lowest BCUT2D eigenvalue weighted by molar-refractivity contribution is 0.289. The number of unbranched alkanes of at least 4 members (excludes halogenated alkanes) is 2. The molecule has 0 aliphatic carbocycles. The molecule has 0 spiro atoms. The minimum Gasteiger partial charge on any atom is -0.507 e. The number of hydrogen-bond donors (Lipinski definition) is 3. The van der Waals surface area contributed by atoms with Crippen molar-refractivity contribution >= 4 is 57.0 Å². The number of rotatable bonds is 16. The number of allylic oxidation sites excluding steroid dienone is 2. The lowest BCUT2D eigenvalue weighted by Crippen LogP contribution is -2.17. The summed E-state index contributed by atoms with van der Waals surface area (Å²) >= 11 is 0. The summed E-state index contributed by atoms with van der Waals surface area (Å²) < 4.78 is 31.1. The maximum Gasteiger partial charge on any atom is 0.147 e. The van der Waals surface area contributed by atoms with Gasteiger partial charge in [-0.05, 0) is 71.3 Å². The highest BCUT2D eigenvalue weighted by atomic mass is 31.2. The average molecular weight is 841 g/mol. The second kappa shape index (κ2) is 18.8. The van der Waals surface area contributed by atoms with E-state index in [1.54, 1.807) is 0 Å². The highest BCUT2D eigenvalue weighted by Gasteiger charge is 2.33. The second-order valence-electron chi connectivity index (χ2n) is 15.7. The van der Waals surface area contributed by atoms with Crippen LogP contribution in [0.2, 0.25) is 0 Å². The van der Waals surface area contributed by atoms with E-state index in [2.05, 4.69) is 24.3 Å². The maximum absolute atomic E-state index is 15.6. The highest BCUT2D eigenvalue weighted by molar-refractivity contribution is 7.78.